The lowest BCUT2D eigenvalue weighted by molar-refractivity contribution is 0.141. The molecule has 1 aromatic rings. The van der Waals surface area contributed by atoms with E-state index < -0.39 is 0 Å². The fraction of sp³-hybridized carbons (Fsp3) is 0.462. The van der Waals surface area contributed by atoms with Gasteiger partial charge in [0.05, 0.1) is 24.8 Å². The van der Waals surface area contributed by atoms with E-state index in [1.165, 1.54) is 0 Å². The number of hydrogen-bond acceptors (Lipinski definition) is 5. The Morgan fingerprint density at radius 1 is 1.17 bits per heavy atom. The first-order valence-corrected chi connectivity index (χ1v) is 5.87. The summed E-state index contributed by atoms with van der Waals surface area (Å²) in [5.74, 6) is 0.655. The van der Waals surface area contributed by atoms with Gasteiger partial charge in [0.25, 0.3) is 0 Å². The summed E-state index contributed by atoms with van der Waals surface area (Å²) in [6, 6.07) is 9.02. The highest BCUT2D eigenvalue weighted by Gasteiger charge is 2.03. The SMILES string of the molecule is N#Cc1cccc(OCCN(CCO)CCO)c1. The number of nitriles is 1. The van der Waals surface area contributed by atoms with Crippen LogP contribution in [0.1, 0.15) is 5.56 Å². The lowest BCUT2D eigenvalue weighted by Gasteiger charge is -2.20. The molecule has 18 heavy (non-hydrogen) atoms. The fourth-order valence-corrected chi connectivity index (χ4v) is 1.57. The van der Waals surface area contributed by atoms with Gasteiger partial charge in [-0.25, -0.2) is 0 Å². The molecule has 0 aliphatic carbocycles. The molecule has 0 spiro atoms. The van der Waals surface area contributed by atoms with Crippen LogP contribution in [0.5, 0.6) is 5.75 Å². The van der Waals surface area contributed by atoms with E-state index in [1.807, 2.05) is 4.90 Å². The molecule has 5 heteroatoms. The molecule has 0 saturated carbocycles. The van der Waals surface area contributed by atoms with Crippen molar-refractivity contribution < 1.29 is 14.9 Å². The molecule has 0 amide bonds. The molecule has 0 aromatic heterocycles. The fourth-order valence-electron chi connectivity index (χ4n) is 1.57. The summed E-state index contributed by atoms with van der Waals surface area (Å²) in [5.41, 5.74) is 0.565. The molecule has 0 bridgehead atoms. The number of rotatable bonds is 8. The molecular weight excluding hydrogens is 232 g/mol. The van der Waals surface area contributed by atoms with Gasteiger partial charge in [-0.05, 0) is 18.2 Å². The van der Waals surface area contributed by atoms with Crippen LogP contribution in [-0.2, 0) is 0 Å². The van der Waals surface area contributed by atoms with Crippen molar-refractivity contribution in [2.24, 2.45) is 0 Å². The first kappa shape index (κ1) is 14.5. The Morgan fingerprint density at radius 2 is 1.89 bits per heavy atom. The summed E-state index contributed by atoms with van der Waals surface area (Å²) in [6.45, 7) is 2.23. The van der Waals surface area contributed by atoms with Gasteiger partial charge in [-0.15, -0.1) is 0 Å². The number of hydrogen-bond donors (Lipinski definition) is 2. The third-order valence-electron chi connectivity index (χ3n) is 2.47. The van der Waals surface area contributed by atoms with E-state index >= 15 is 0 Å². The van der Waals surface area contributed by atoms with E-state index in [1.54, 1.807) is 24.3 Å². The Balaban J connectivity index is 2.37. The molecule has 0 atom stereocenters. The molecule has 0 unspecified atom stereocenters. The second-order valence-electron chi connectivity index (χ2n) is 3.78. The zero-order chi connectivity index (χ0) is 13.2. The Labute approximate surface area is 107 Å². The van der Waals surface area contributed by atoms with E-state index in [0.29, 0.717) is 37.6 Å². The third kappa shape index (κ3) is 5.15. The van der Waals surface area contributed by atoms with Gasteiger partial charge in [-0.2, -0.15) is 5.26 Å². The Hall–Kier alpha value is -1.61. The van der Waals surface area contributed by atoms with Crippen LogP contribution in [0.4, 0.5) is 0 Å². The van der Waals surface area contributed by atoms with Crippen molar-refractivity contribution in [3.8, 4) is 11.8 Å². The van der Waals surface area contributed by atoms with Gasteiger partial charge in [0.15, 0.2) is 0 Å². The molecule has 0 radical (unpaired) electrons. The molecule has 98 valence electrons. The van der Waals surface area contributed by atoms with Crippen molar-refractivity contribution in [3.05, 3.63) is 29.8 Å². The van der Waals surface area contributed by atoms with Crippen molar-refractivity contribution in [1.29, 1.82) is 5.26 Å². The quantitative estimate of drug-likeness (QED) is 0.690. The Kier molecular flexibility index (Phi) is 6.81. The van der Waals surface area contributed by atoms with E-state index in [9.17, 15) is 0 Å². The Morgan fingerprint density at radius 3 is 2.50 bits per heavy atom. The molecule has 1 aromatic carbocycles. The zero-order valence-electron chi connectivity index (χ0n) is 10.2. The number of aliphatic hydroxyl groups excluding tert-OH is 2. The summed E-state index contributed by atoms with van der Waals surface area (Å²) >= 11 is 0. The van der Waals surface area contributed by atoms with Crippen molar-refractivity contribution >= 4 is 0 Å². The van der Waals surface area contributed by atoms with Gasteiger partial charge >= 0.3 is 0 Å². The van der Waals surface area contributed by atoms with Gasteiger partial charge in [0.1, 0.15) is 12.4 Å². The van der Waals surface area contributed by atoms with Crippen molar-refractivity contribution in [2.45, 2.75) is 0 Å². The monoisotopic (exact) mass is 250 g/mol. The lowest BCUT2D eigenvalue weighted by atomic mass is 10.2. The molecular formula is C13H18N2O3. The first-order chi connectivity index (χ1) is 8.80. The minimum Gasteiger partial charge on any atom is -0.492 e. The number of nitrogens with zero attached hydrogens (tertiary/aromatic N) is 2. The van der Waals surface area contributed by atoms with E-state index in [-0.39, 0.29) is 13.2 Å². The molecule has 0 aliphatic rings. The van der Waals surface area contributed by atoms with Crippen LogP contribution in [-0.4, -0.2) is 54.6 Å². The minimum atomic E-state index is 0.0594. The van der Waals surface area contributed by atoms with E-state index in [2.05, 4.69) is 6.07 Å². The van der Waals surface area contributed by atoms with Crippen molar-refractivity contribution in [1.82, 2.24) is 4.90 Å². The van der Waals surface area contributed by atoms with Crippen LogP contribution < -0.4 is 4.74 Å². The summed E-state index contributed by atoms with van der Waals surface area (Å²) in [7, 11) is 0. The average Bonchev–Trinajstić information content (AvgIpc) is 2.39. The second-order valence-corrected chi connectivity index (χ2v) is 3.78. The zero-order valence-corrected chi connectivity index (χ0v) is 10.2. The first-order valence-electron chi connectivity index (χ1n) is 5.87. The lowest BCUT2D eigenvalue weighted by Crippen LogP contribution is -2.33. The van der Waals surface area contributed by atoms with Gasteiger partial charge in [-0.3, -0.25) is 4.90 Å². The standard InChI is InChI=1S/C13H18N2O3/c14-11-12-2-1-3-13(10-12)18-9-6-15(4-7-16)5-8-17/h1-3,10,16-17H,4-9H2. The summed E-state index contributed by atoms with van der Waals surface area (Å²) in [6.07, 6.45) is 0. The maximum Gasteiger partial charge on any atom is 0.120 e. The molecule has 5 nitrogen and oxygen atoms in total. The smallest absolute Gasteiger partial charge is 0.120 e. The molecule has 2 N–H and O–H groups in total. The average molecular weight is 250 g/mol. The maximum atomic E-state index is 8.85. The maximum absolute atomic E-state index is 8.85. The van der Waals surface area contributed by atoms with Gasteiger partial charge in [0.2, 0.25) is 0 Å². The van der Waals surface area contributed by atoms with E-state index in [0.717, 1.165) is 0 Å². The highest BCUT2D eigenvalue weighted by molar-refractivity contribution is 5.36. The number of aliphatic hydroxyl groups is 2. The van der Waals surface area contributed by atoms with Crippen LogP contribution in [0.3, 0.4) is 0 Å². The third-order valence-corrected chi connectivity index (χ3v) is 2.47. The molecule has 0 aliphatic heterocycles. The van der Waals surface area contributed by atoms with Crippen molar-refractivity contribution in [3.63, 3.8) is 0 Å². The highest BCUT2D eigenvalue weighted by atomic mass is 16.5. The highest BCUT2D eigenvalue weighted by Crippen LogP contribution is 2.12. The summed E-state index contributed by atoms with van der Waals surface area (Å²) in [4.78, 5) is 1.91. The predicted octanol–water partition coefficient (Wildman–Crippen LogP) is 0.224. The second kappa shape index (κ2) is 8.48. The normalized spacial score (nSPS) is 10.3. The number of ether oxygens (including phenoxy) is 1. The van der Waals surface area contributed by atoms with Crippen LogP contribution in [0.25, 0.3) is 0 Å². The topological polar surface area (TPSA) is 76.7 Å². The van der Waals surface area contributed by atoms with Crippen LogP contribution >= 0.6 is 0 Å². The van der Waals surface area contributed by atoms with Crippen LogP contribution in [0.15, 0.2) is 24.3 Å². The summed E-state index contributed by atoms with van der Waals surface area (Å²) < 4.78 is 5.52. The van der Waals surface area contributed by atoms with Crippen LogP contribution in [0.2, 0.25) is 0 Å². The number of benzene rings is 1. The Bertz CT molecular complexity index is 384. The largest absolute Gasteiger partial charge is 0.492 e. The van der Waals surface area contributed by atoms with Crippen molar-refractivity contribution in [2.75, 3.05) is 39.5 Å². The van der Waals surface area contributed by atoms with E-state index in [4.69, 9.17) is 20.2 Å². The molecule has 0 fully saturated rings. The molecule has 1 rings (SSSR count). The molecule has 0 heterocycles. The van der Waals surface area contributed by atoms with Gasteiger partial charge in [0, 0.05) is 19.6 Å². The van der Waals surface area contributed by atoms with Gasteiger partial charge in [-0.1, -0.05) is 6.07 Å². The minimum absolute atomic E-state index is 0.0594. The molecule has 0 saturated heterocycles. The van der Waals surface area contributed by atoms with Crippen LogP contribution in [0, 0.1) is 11.3 Å². The summed E-state index contributed by atoms with van der Waals surface area (Å²) in [5, 5.41) is 26.4. The van der Waals surface area contributed by atoms with Gasteiger partial charge < -0.3 is 14.9 Å². The predicted molar refractivity (Wildman–Crippen MR) is 67.3 cm³/mol.